The molecule has 0 bridgehead atoms. The molecular formula is C13H18BrFO2. The van der Waals surface area contributed by atoms with Crippen molar-refractivity contribution in [1.29, 1.82) is 0 Å². The molecule has 0 spiro atoms. The van der Waals surface area contributed by atoms with Crippen molar-refractivity contribution in [2.45, 2.75) is 32.8 Å². The molecular weight excluding hydrogens is 287 g/mol. The highest BCUT2D eigenvalue weighted by Crippen LogP contribution is 2.38. The van der Waals surface area contributed by atoms with Crippen molar-refractivity contribution in [2.75, 3.05) is 7.11 Å². The molecule has 0 aliphatic heterocycles. The summed E-state index contributed by atoms with van der Waals surface area (Å²) in [5.41, 5.74) is 0.290. The van der Waals surface area contributed by atoms with Crippen LogP contribution in [0.15, 0.2) is 16.6 Å². The molecule has 1 rings (SSSR count). The van der Waals surface area contributed by atoms with E-state index in [1.54, 1.807) is 6.07 Å². The molecule has 1 aromatic carbocycles. The maximum atomic E-state index is 13.8. The van der Waals surface area contributed by atoms with Crippen LogP contribution in [0.1, 0.15) is 38.4 Å². The lowest BCUT2D eigenvalue weighted by Crippen LogP contribution is -2.13. The third kappa shape index (κ3) is 2.99. The van der Waals surface area contributed by atoms with E-state index in [1.807, 2.05) is 13.8 Å². The Bertz CT molecular complexity index is 378. The summed E-state index contributed by atoms with van der Waals surface area (Å²) in [6.45, 7) is 3.98. The molecule has 1 unspecified atom stereocenters. The van der Waals surface area contributed by atoms with Crippen molar-refractivity contribution in [3.05, 3.63) is 28.0 Å². The van der Waals surface area contributed by atoms with Gasteiger partial charge in [-0.25, -0.2) is 4.39 Å². The third-order valence-corrected chi connectivity index (χ3v) is 3.92. The maximum Gasteiger partial charge on any atom is 0.133 e. The van der Waals surface area contributed by atoms with E-state index < -0.39 is 11.9 Å². The van der Waals surface area contributed by atoms with Gasteiger partial charge in [-0.15, -0.1) is 0 Å². The lowest BCUT2D eigenvalue weighted by molar-refractivity contribution is 0.0985. The predicted octanol–water partition coefficient (Wildman–Crippen LogP) is 4.07. The smallest absolute Gasteiger partial charge is 0.133 e. The van der Waals surface area contributed by atoms with E-state index in [0.717, 1.165) is 12.8 Å². The fraction of sp³-hybridized carbons (Fsp3) is 0.538. The second-order valence-electron chi connectivity index (χ2n) is 4.00. The lowest BCUT2D eigenvalue weighted by Gasteiger charge is -2.22. The molecule has 0 saturated carbocycles. The highest BCUT2D eigenvalue weighted by atomic mass is 79.9. The largest absolute Gasteiger partial charge is 0.496 e. The van der Waals surface area contributed by atoms with E-state index in [-0.39, 0.29) is 11.5 Å². The first-order valence-corrected chi connectivity index (χ1v) is 6.55. The zero-order valence-corrected chi connectivity index (χ0v) is 11.9. The van der Waals surface area contributed by atoms with Crippen LogP contribution in [0, 0.1) is 11.7 Å². The first-order chi connectivity index (χ1) is 8.06. The van der Waals surface area contributed by atoms with E-state index in [0.29, 0.717) is 10.2 Å². The van der Waals surface area contributed by atoms with Gasteiger partial charge in [-0.1, -0.05) is 26.7 Å². The van der Waals surface area contributed by atoms with Crippen molar-refractivity contribution >= 4 is 15.9 Å². The standard InChI is InChI=1S/C13H18BrFO2/c1-4-8(5-2)13(16)11-9(15)6-7-10(17-3)12(11)14/h6-8,13,16H,4-5H2,1-3H3. The van der Waals surface area contributed by atoms with Crippen molar-refractivity contribution in [1.82, 2.24) is 0 Å². The van der Waals surface area contributed by atoms with E-state index in [2.05, 4.69) is 15.9 Å². The molecule has 0 saturated heterocycles. The topological polar surface area (TPSA) is 29.5 Å². The second kappa shape index (κ2) is 6.36. The summed E-state index contributed by atoms with van der Waals surface area (Å²) in [5, 5.41) is 10.2. The lowest BCUT2D eigenvalue weighted by atomic mass is 9.91. The second-order valence-corrected chi connectivity index (χ2v) is 4.79. The summed E-state index contributed by atoms with van der Waals surface area (Å²) in [5.74, 6) is 0.177. The van der Waals surface area contributed by atoms with Crippen molar-refractivity contribution in [2.24, 2.45) is 5.92 Å². The van der Waals surface area contributed by atoms with Crippen LogP contribution in [0.5, 0.6) is 5.75 Å². The Labute approximate surface area is 110 Å². The van der Waals surface area contributed by atoms with Crippen molar-refractivity contribution < 1.29 is 14.2 Å². The first-order valence-electron chi connectivity index (χ1n) is 5.76. The molecule has 0 fully saturated rings. The summed E-state index contributed by atoms with van der Waals surface area (Å²) in [6.07, 6.45) is 0.802. The molecule has 1 N–H and O–H groups in total. The molecule has 1 atom stereocenters. The zero-order valence-electron chi connectivity index (χ0n) is 10.3. The Balaban J connectivity index is 3.19. The molecule has 1 aromatic rings. The van der Waals surface area contributed by atoms with Gasteiger partial charge in [-0.2, -0.15) is 0 Å². The first kappa shape index (κ1) is 14.5. The van der Waals surface area contributed by atoms with Crippen LogP contribution in [0.2, 0.25) is 0 Å². The van der Waals surface area contributed by atoms with Gasteiger partial charge in [0.1, 0.15) is 11.6 Å². The Hall–Kier alpha value is -0.610. The molecule has 0 aliphatic rings. The van der Waals surface area contributed by atoms with Gasteiger partial charge in [0, 0.05) is 5.56 Å². The SMILES string of the molecule is CCC(CC)C(O)c1c(F)ccc(OC)c1Br. The van der Waals surface area contributed by atoms with Crippen LogP contribution in [-0.4, -0.2) is 12.2 Å². The van der Waals surface area contributed by atoms with Gasteiger partial charge in [0.15, 0.2) is 0 Å². The van der Waals surface area contributed by atoms with Gasteiger partial charge < -0.3 is 9.84 Å². The van der Waals surface area contributed by atoms with E-state index in [4.69, 9.17) is 4.74 Å². The summed E-state index contributed by atoms with van der Waals surface area (Å²) in [7, 11) is 1.52. The number of halogens is 2. The molecule has 0 amide bonds. The Morgan fingerprint density at radius 1 is 1.35 bits per heavy atom. The molecule has 2 nitrogen and oxygen atoms in total. The molecule has 17 heavy (non-hydrogen) atoms. The highest BCUT2D eigenvalue weighted by Gasteiger charge is 2.25. The summed E-state index contributed by atoms with van der Waals surface area (Å²) in [4.78, 5) is 0. The average Bonchev–Trinajstić information content (AvgIpc) is 2.31. The number of aliphatic hydroxyl groups excluding tert-OH is 1. The predicted molar refractivity (Wildman–Crippen MR) is 69.7 cm³/mol. The minimum absolute atomic E-state index is 0.0490. The van der Waals surface area contributed by atoms with E-state index >= 15 is 0 Å². The molecule has 4 heteroatoms. The normalized spacial score (nSPS) is 12.9. The van der Waals surface area contributed by atoms with Gasteiger partial charge in [-0.3, -0.25) is 0 Å². The molecule has 0 aliphatic carbocycles. The number of rotatable bonds is 5. The van der Waals surface area contributed by atoms with Gasteiger partial charge >= 0.3 is 0 Å². The van der Waals surface area contributed by atoms with Crippen molar-refractivity contribution in [3.8, 4) is 5.75 Å². The fourth-order valence-corrected chi connectivity index (χ4v) is 2.67. The monoisotopic (exact) mass is 304 g/mol. The van der Waals surface area contributed by atoms with Crippen LogP contribution in [0.3, 0.4) is 0 Å². The number of methoxy groups -OCH3 is 1. The van der Waals surface area contributed by atoms with Crippen LogP contribution < -0.4 is 4.74 Å². The highest BCUT2D eigenvalue weighted by molar-refractivity contribution is 9.10. The van der Waals surface area contributed by atoms with Crippen molar-refractivity contribution in [3.63, 3.8) is 0 Å². The van der Waals surface area contributed by atoms with Crippen LogP contribution in [0.4, 0.5) is 4.39 Å². The summed E-state index contributed by atoms with van der Waals surface area (Å²) in [6, 6.07) is 2.87. The number of hydrogen-bond donors (Lipinski definition) is 1. The molecule has 0 radical (unpaired) electrons. The van der Waals surface area contributed by atoms with Crippen LogP contribution >= 0.6 is 15.9 Å². The molecule has 0 heterocycles. The minimum atomic E-state index is -0.811. The Morgan fingerprint density at radius 2 is 1.94 bits per heavy atom. The number of aliphatic hydroxyl groups is 1. The Kier molecular flexibility index (Phi) is 5.40. The summed E-state index contributed by atoms with van der Waals surface area (Å²) >= 11 is 3.29. The van der Waals surface area contributed by atoms with Gasteiger partial charge in [0.2, 0.25) is 0 Å². The number of hydrogen-bond acceptors (Lipinski definition) is 2. The molecule has 96 valence electrons. The van der Waals surface area contributed by atoms with Gasteiger partial charge in [0.05, 0.1) is 17.7 Å². The maximum absolute atomic E-state index is 13.8. The zero-order chi connectivity index (χ0) is 13.0. The van der Waals surface area contributed by atoms with Gasteiger partial charge in [-0.05, 0) is 34.0 Å². The van der Waals surface area contributed by atoms with E-state index in [9.17, 15) is 9.50 Å². The molecule has 0 aromatic heterocycles. The van der Waals surface area contributed by atoms with Crippen LogP contribution in [-0.2, 0) is 0 Å². The number of benzene rings is 1. The quantitative estimate of drug-likeness (QED) is 0.888. The van der Waals surface area contributed by atoms with E-state index in [1.165, 1.54) is 13.2 Å². The Morgan fingerprint density at radius 3 is 2.41 bits per heavy atom. The fourth-order valence-electron chi connectivity index (χ4n) is 1.95. The average molecular weight is 305 g/mol. The summed E-state index contributed by atoms with van der Waals surface area (Å²) < 4.78 is 19.4. The third-order valence-electron chi connectivity index (χ3n) is 3.10. The minimum Gasteiger partial charge on any atom is -0.496 e. The van der Waals surface area contributed by atoms with Gasteiger partial charge in [0.25, 0.3) is 0 Å². The number of ether oxygens (including phenoxy) is 1. The van der Waals surface area contributed by atoms with Crippen LogP contribution in [0.25, 0.3) is 0 Å².